The van der Waals surface area contributed by atoms with E-state index in [0.29, 0.717) is 16.6 Å². The third-order valence-electron chi connectivity index (χ3n) is 2.77. The summed E-state index contributed by atoms with van der Waals surface area (Å²) in [5, 5.41) is 14.2. The number of rotatable bonds is 4. The summed E-state index contributed by atoms with van der Waals surface area (Å²) in [6, 6.07) is 8.74. The van der Waals surface area contributed by atoms with Crippen LogP contribution in [0.3, 0.4) is 0 Å². The van der Waals surface area contributed by atoms with E-state index in [9.17, 15) is 10.1 Å². The molecule has 0 unspecified atom stereocenters. The summed E-state index contributed by atoms with van der Waals surface area (Å²) in [7, 11) is 0. The molecular formula is C13H11Br2N3O2. The maximum Gasteiger partial charge on any atom is 0.275 e. The van der Waals surface area contributed by atoms with Crippen LogP contribution in [0.15, 0.2) is 39.4 Å². The van der Waals surface area contributed by atoms with Crippen LogP contribution >= 0.6 is 31.9 Å². The third-order valence-corrected chi connectivity index (χ3v) is 3.70. The second-order valence-electron chi connectivity index (χ2n) is 4.15. The molecule has 0 aliphatic carbocycles. The number of pyridine rings is 1. The number of nitro groups is 1. The Labute approximate surface area is 132 Å². The highest BCUT2D eigenvalue weighted by molar-refractivity contribution is 9.10. The van der Waals surface area contributed by atoms with Gasteiger partial charge in [-0.3, -0.25) is 10.1 Å². The Morgan fingerprint density at radius 1 is 1.30 bits per heavy atom. The molecule has 0 bridgehead atoms. The lowest BCUT2D eigenvalue weighted by molar-refractivity contribution is -0.385. The van der Waals surface area contributed by atoms with Crippen LogP contribution in [0, 0.1) is 17.0 Å². The van der Waals surface area contributed by atoms with E-state index in [2.05, 4.69) is 42.2 Å². The van der Waals surface area contributed by atoms with Gasteiger partial charge in [-0.25, -0.2) is 4.98 Å². The van der Waals surface area contributed by atoms with Gasteiger partial charge in [-0.1, -0.05) is 15.9 Å². The van der Waals surface area contributed by atoms with E-state index in [4.69, 9.17) is 0 Å². The number of aryl methyl sites for hydroxylation is 1. The fourth-order valence-corrected chi connectivity index (χ4v) is 2.51. The van der Waals surface area contributed by atoms with Crippen LogP contribution in [0.2, 0.25) is 0 Å². The van der Waals surface area contributed by atoms with Crippen molar-refractivity contribution in [3.05, 3.63) is 60.8 Å². The van der Waals surface area contributed by atoms with Gasteiger partial charge in [-0.15, -0.1) is 0 Å². The molecule has 0 spiro atoms. The SMILES string of the molecule is Cc1nc(Br)ccc1NCc1ccc(Br)cc1[N+](=O)[O-]. The Morgan fingerprint density at radius 3 is 2.70 bits per heavy atom. The standard InChI is InChI=1S/C13H11Br2N3O2/c1-8-11(4-5-13(15)17-8)16-7-9-2-3-10(14)6-12(9)18(19)20/h2-6,16H,7H2,1H3. The molecule has 5 nitrogen and oxygen atoms in total. The average molecular weight is 401 g/mol. The van der Waals surface area contributed by atoms with Gasteiger partial charge in [0.05, 0.1) is 16.3 Å². The Balaban J connectivity index is 2.20. The van der Waals surface area contributed by atoms with Crippen LogP contribution in [-0.2, 0) is 6.54 Å². The van der Waals surface area contributed by atoms with Crippen molar-refractivity contribution in [2.75, 3.05) is 5.32 Å². The lowest BCUT2D eigenvalue weighted by Crippen LogP contribution is -2.05. The minimum absolute atomic E-state index is 0.0922. The van der Waals surface area contributed by atoms with Crippen LogP contribution in [0.1, 0.15) is 11.3 Å². The molecule has 0 radical (unpaired) electrons. The molecular weight excluding hydrogens is 390 g/mol. The molecule has 0 aliphatic heterocycles. The number of hydrogen-bond acceptors (Lipinski definition) is 4. The Hall–Kier alpha value is -1.47. The zero-order valence-electron chi connectivity index (χ0n) is 10.6. The summed E-state index contributed by atoms with van der Waals surface area (Å²) >= 11 is 6.54. The van der Waals surface area contributed by atoms with Crippen molar-refractivity contribution in [1.82, 2.24) is 4.98 Å². The van der Waals surface area contributed by atoms with Gasteiger partial charge in [0, 0.05) is 22.6 Å². The average Bonchev–Trinajstić information content (AvgIpc) is 2.38. The smallest absolute Gasteiger partial charge is 0.275 e. The Kier molecular flexibility index (Phi) is 4.72. The van der Waals surface area contributed by atoms with Crippen molar-refractivity contribution in [2.45, 2.75) is 13.5 Å². The summed E-state index contributed by atoms with van der Waals surface area (Å²) in [5.41, 5.74) is 2.40. The van der Waals surface area contributed by atoms with Crippen LogP contribution in [0.25, 0.3) is 0 Å². The maximum atomic E-state index is 11.0. The normalized spacial score (nSPS) is 10.3. The number of anilines is 1. The summed E-state index contributed by atoms with van der Waals surface area (Å²) in [6.07, 6.45) is 0. The highest BCUT2D eigenvalue weighted by Crippen LogP contribution is 2.25. The molecule has 0 amide bonds. The summed E-state index contributed by atoms with van der Waals surface area (Å²) in [6.45, 7) is 2.25. The number of nitrogens with zero attached hydrogens (tertiary/aromatic N) is 2. The third kappa shape index (κ3) is 3.55. The van der Waals surface area contributed by atoms with E-state index in [1.165, 1.54) is 6.07 Å². The largest absolute Gasteiger partial charge is 0.379 e. The van der Waals surface area contributed by atoms with Gasteiger partial charge in [0.2, 0.25) is 0 Å². The number of nitro benzene ring substituents is 1. The fraction of sp³-hybridized carbons (Fsp3) is 0.154. The predicted octanol–water partition coefficient (Wildman–Crippen LogP) is 4.44. The number of aromatic nitrogens is 1. The maximum absolute atomic E-state index is 11.0. The number of nitrogens with one attached hydrogen (secondary N) is 1. The molecule has 0 saturated heterocycles. The van der Waals surface area contributed by atoms with Crippen molar-refractivity contribution >= 4 is 43.2 Å². The first-order valence-corrected chi connectivity index (χ1v) is 7.36. The molecule has 2 rings (SSSR count). The molecule has 0 aliphatic rings. The molecule has 1 heterocycles. The molecule has 1 aromatic carbocycles. The van der Waals surface area contributed by atoms with Gasteiger partial charge in [-0.05, 0) is 47.1 Å². The first-order chi connectivity index (χ1) is 9.47. The van der Waals surface area contributed by atoms with E-state index in [-0.39, 0.29) is 10.6 Å². The molecule has 0 atom stereocenters. The van der Waals surface area contributed by atoms with E-state index < -0.39 is 0 Å². The summed E-state index contributed by atoms with van der Waals surface area (Å²) < 4.78 is 1.45. The van der Waals surface area contributed by atoms with E-state index in [0.717, 1.165) is 16.0 Å². The Morgan fingerprint density at radius 2 is 2.05 bits per heavy atom. The molecule has 20 heavy (non-hydrogen) atoms. The first kappa shape index (κ1) is 14.9. The van der Waals surface area contributed by atoms with Crippen molar-refractivity contribution in [2.24, 2.45) is 0 Å². The second kappa shape index (κ2) is 6.32. The zero-order chi connectivity index (χ0) is 14.7. The van der Waals surface area contributed by atoms with Gasteiger partial charge in [-0.2, -0.15) is 0 Å². The minimum Gasteiger partial charge on any atom is -0.379 e. The van der Waals surface area contributed by atoms with Gasteiger partial charge < -0.3 is 5.32 Å². The number of hydrogen-bond donors (Lipinski definition) is 1. The summed E-state index contributed by atoms with van der Waals surface area (Å²) in [4.78, 5) is 14.9. The highest BCUT2D eigenvalue weighted by Gasteiger charge is 2.14. The van der Waals surface area contributed by atoms with Crippen LogP contribution in [0.4, 0.5) is 11.4 Å². The molecule has 0 saturated carbocycles. The number of halogens is 2. The van der Waals surface area contributed by atoms with Gasteiger partial charge >= 0.3 is 0 Å². The topological polar surface area (TPSA) is 68.1 Å². The van der Waals surface area contributed by atoms with E-state index in [1.54, 1.807) is 12.1 Å². The first-order valence-electron chi connectivity index (χ1n) is 5.77. The molecule has 104 valence electrons. The second-order valence-corrected chi connectivity index (χ2v) is 5.88. The molecule has 0 fully saturated rings. The van der Waals surface area contributed by atoms with Crippen molar-refractivity contribution < 1.29 is 4.92 Å². The van der Waals surface area contributed by atoms with Crippen LogP contribution < -0.4 is 5.32 Å². The predicted molar refractivity (Wildman–Crippen MR) is 84.8 cm³/mol. The minimum atomic E-state index is -0.380. The molecule has 7 heteroatoms. The Bertz CT molecular complexity index is 662. The molecule has 2 aromatic rings. The lowest BCUT2D eigenvalue weighted by Gasteiger charge is -2.09. The van der Waals surface area contributed by atoms with Crippen LogP contribution in [-0.4, -0.2) is 9.91 Å². The van der Waals surface area contributed by atoms with E-state index in [1.807, 2.05) is 19.1 Å². The van der Waals surface area contributed by atoms with E-state index >= 15 is 0 Å². The zero-order valence-corrected chi connectivity index (χ0v) is 13.7. The van der Waals surface area contributed by atoms with Crippen molar-refractivity contribution in [3.8, 4) is 0 Å². The molecule has 1 N–H and O–H groups in total. The molecule has 1 aromatic heterocycles. The van der Waals surface area contributed by atoms with Crippen molar-refractivity contribution in [1.29, 1.82) is 0 Å². The van der Waals surface area contributed by atoms with Gasteiger partial charge in [0.1, 0.15) is 4.60 Å². The lowest BCUT2D eigenvalue weighted by atomic mass is 10.1. The van der Waals surface area contributed by atoms with Crippen LogP contribution in [0.5, 0.6) is 0 Å². The quantitative estimate of drug-likeness (QED) is 0.468. The van der Waals surface area contributed by atoms with Crippen molar-refractivity contribution in [3.63, 3.8) is 0 Å². The fourth-order valence-electron chi connectivity index (χ4n) is 1.76. The number of benzene rings is 1. The monoisotopic (exact) mass is 399 g/mol. The van der Waals surface area contributed by atoms with Gasteiger partial charge in [0.15, 0.2) is 0 Å². The van der Waals surface area contributed by atoms with Gasteiger partial charge in [0.25, 0.3) is 5.69 Å². The summed E-state index contributed by atoms with van der Waals surface area (Å²) in [5.74, 6) is 0. The highest BCUT2D eigenvalue weighted by atomic mass is 79.9.